The summed E-state index contributed by atoms with van der Waals surface area (Å²) in [7, 11) is 0. The van der Waals surface area contributed by atoms with Gasteiger partial charge in [-0.1, -0.05) is 218 Å². The summed E-state index contributed by atoms with van der Waals surface area (Å²) >= 11 is 0. The quantitative estimate of drug-likeness (QED) is 0.134. The molecule has 0 aliphatic heterocycles. The zero-order valence-corrected chi connectivity index (χ0v) is 33.8. The zero-order valence-electron chi connectivity index (χ0n) is 33.8. The SMILES string of the molecule is c1ccc(-c2ccc(-c3ccc(-c4cccc(N(c5ccc(-c6ccccc6)cc5)c5ccc(-c6ccccc6)cc5)c4)c(-c4ccc(-c5ccccc5)cc4)c3)cc2)cc1. The van der Waals surface area contributed by atoms with E-state index in [1.807, 2.05) is 0 Å². The predicted molar refractivity (Wildman–Crippen MR) is 259 cm³/mol. The Morgan fingerprint density at radius 2 is 0.475 bits per heavy atom. The van der Waals surface area contributed by atoms with Crippen LogP contribution in [0.1, 0.15) is 0 Å². The largest absolute Gasteiger partial charge is 0.310 e. The first-order valence-electron chi connectivity index (χ1n) is 20.9. The Morgan fingerprint density at radius 3 is 0.885 bits per heavy atom. The van der Waals surface area contributed by atoms with E-state index in [-0.39, 0.29) is 0 Å². The maximum Gasteiger partial charge on any atom is 0.0467 e. The van der Waals surface area contributed by atoms with E-state index in [9.17, 15) is 0 Å². The number of hydrogen-bond acceptors (Lipinski definition) is 1. The molecular weight excluding hydrogens is 735 g/mol. The third-order valence-electron chi connectivity index (χ3n) is 11.5. The highest BCUT2D eigenvalue weighted by atomic mass is 15.1. The molecule has 10 aromatic carbocycles. The lowest BCUT2D eigenvalue weighted by Crippen LogP contribution is -2.10. The summed E-state index contributed by atoms with van der Waals surface area (Å²) in [6, 6.07) is 94.0. The summed E-state index contributed by atoms with van der Waals surface area (Å²) in [5, 5.41) is 0. The van der Waals surface area contributed by atoms with Crippen molar-refractivity contribution in [2.45, 2.75) is 0 Å². The standard InChI is InChI=1S/C60H43N/c1-5-14-44(15-6-1)48-24-26-52(27-25-48)54-36-41-59(60(43-54)53-30-28-49(29-31-53)45-16-7-2-8-17-45)55-22-13-23-58(42-55)61(56-37-32-50(33-38-56)46-18-9-3-10-19-46)57-39-34-51(35-40-57)47-20-11-4-12-21-47/h1-43H. The van der Waals surface area contributed by atoms with Gasteiger partial charge in [0.25, 0.3) is 0 Å². The van der Waals surface area contributed by atoms with Crippen LogP contribution < -0.4 is 4.90 Å². The number of rotatable bonds is 10. The van der Waals surface area contributed by atoms with E-state index >= 15 is 0 Å². The summed E-state index contributed by atoms with van der Waals surface area (Å²) < 4.78 is 0. The van der Waals surface area contributed by atoms with Gasteiger partial charge in [-0.25, -0.2) is 0 Å². The molecule has 10 rings (SSSR count). The first-order chi connectivity index (χ1) is 30.2. The lowest BCUT2D eigenvalue weighted by atomic mass is 9.89. The fourth-order valence-electron chi connectivity index (χ4n) is 8.30. The van der Waals surface area contributed by atoms with Gasteiger partial charge >= 0.3 is 0 Å². The van der Waals surface area contributed by atoms with Crippen molar-refractivity contribution in [1.82, 2.24) is 0 Å². The Kier molecular flexibility index (Phi) is 10.4. The highest BCUT2D eigenvalue weighted by molar-refractivity contribution is 5.90. The van der Waals surface area contributed by atoms with Crippen LogP contribution in [-0.2, 0) is 0 Å². The van der Waals surface area contributed by atoms with Crippen molar-refractivity contribution >= 4 is 17.1 Å². The second kappa shape index (κ2) is 17.1. The molecule has 10 aromatic rings. The van der Waals surface area contributed by atoms with Crippen molar-refractivity contribution in [1.29, 1.82) is 0 Å². The molecule has 0 fully saturated rings. The molecule has 0 aliphatic rings. The van der Waals surface area contributed by atoms with E-state index < -0.39 is 0 Å². The molecule has 0 aromatic heterocycles. The van der Waals surface area contributed by atoms with Gasteiger partial charge in [0.2, 0.25) is 0 Å². The van der Waals surface area contributed by atoms with Crippen LogP contribution >= 0.6 is 0 Å². The van der Waals surface area contributed by atoms with Gasteiger partial charge in [0.15, 0.2) is 0 Å². The highest BCUT2D eigenvalue weighted by Crippen LogP contribution is 2.42. The lowest BCUT2D eigenvalue weighted by molar-refractivity contribution is 1.28. The molecule has 1 heteroatoms. The molecule has 0 aliphatic carbocycles. The van der Waals surface area contributed by atoms with Crippen molar-refractivity contribution in [3.8, 4) is 77.9 Å². The van der Waals surface area contributed by atoms with Crippen molar-refractivity contribution in [2.24, 2.45) is 0 Å². The van der Waals surface area contributed by atoms with E-state index in [0.29, 0.717) is 0 Å². The Bertz CT molecular complexity index is 2910. The van der Waals surface area contributed by atoms with Gasteiger partial charge in [-0.15, -0.1) is 0 Å². The molecule has 0 radical (unpaired) electrons. The second-order valence-corrected chi connectivity index (χ2v) is 15.4. The van der Waals surface area contributed by atoms with E-state index in [0.717, 1.165) is 22.6 Å². The molecular formula is C60H43N. The van der Waals surface area contributed by atoms with Gasteiger partial charge in [0.05, 0.1) is 0 Å². The number of benzene rings is 10. The molecule has 0 N–H and O–H groups in total. The summed E-state index contributed by atoms with van der Waals surface area (Å²) in [6.45, 7) is 0. The van der Waals surface area contributed by atoms with Gasteiger partial charge in [-0.2, -0.15) is 0 Å². The maximum atomic E-state index is 2.37. The monoisotopic (exact) mass is 777 g/mol. The van der Waals surface area contributed by atoms with Crippen LogP contribution in [0.4, 0.5) is 17.1 Å². The molecule has 1 nitrogen and oxygen atoms in total. The Balaban J connectivity index is 1.07. The first kappa shape index (κ1) is 37.3. The van der Waals surface area contributed by atoms with Crippen LogP contribution in [0.25, 0.3) is 77.9 Å². The van der Waals surface area contributed by atoms with E-state index in [2.05, 4.69) is 266 Å². The molecule has 0 amide bonds. The fraction of sp³-hybridized carbons (Fsp3) is 0. The normalized spacial score (nSPS) is 11.0. The predicted octanol–water partition coefficient (Wildman–Crippen LogP) is 16.8. The zero-order chi connectivity index (χ0) is 40.8. The van der Waals surface area contributed by atoms with Crippen molar-refractivity contribution < 1.29 is 0 Å². The third-order valence-corrected chi connectivity index (χ3v) is 11.5. The fourth-order valence-corrected chi connectivity index (χ4v) is 8.30. The van der Waals surface area contributed by atoms with E-state index in [4.69, 9.17) is 0 Å². The molecule has 0 saturated carbocycles. The van der Waals surface area contributed by atoms with Crippen LogP contribution in [0.3, 0.4) is 0 Å². The third kappa shape index (κ3) is 8.06. The van der Waals surface area contributed by atoms with Gasteiger partial charge < -0.3 is 4.90 Å². The number of hydrogen-bond donors (Lipinski definition) is 0. The molecule has 0 atom stereocenters. The van der Waals surface area contributed by atoms with Crippen LogP contribution in [0, 0.1) is 0 Å². The average molecular weight is 778 g/mol. The van der Waals surface area contributed by atoms with E-state index in [1.54, 1.807) is 0 Å². The Hall–Kier alpha value is -8.00. The van der Waals surface area contributed by atoms with Crippen molar-refractivity contribution in [3.05, 3.63) is 261 Å². The molecule has 288 valence electrons. The van der Waals surface area contributed by atoms with Crippen LogP contribution in [0.2, 0.25) is 0 Å². The molecule has 0 bridgehead atoms. The molecule has 0 heterocycles. The average Bonchev–Trinajstić information content (AvgIpc) is 3.36. The lowest BCUT2D eigenvalue weighted by Gasteiger charge is -2.27. The molecule has 61 heavy (non-hydrogen) atoms. The number of nitrogens with zero attached hydrogens (tertiary/aromatic N) is 1. The minimum atomic E-state index is 1.09. The van der Waals surface area contributed by atoms with Crippen LogP contribution in [-0.4, -0.2) is 0 Å². The number of anilines is 3. The van der Waals surface area contributed by atoms with E-state index in [1.165, 1.54) is 72.3 Å². The van der Waals surface area contributed by atoms with Crippen LogP contribution in [0.5, 0.6) is 0 Å². The van der Waals surface area contributed by atoms with Crippen molar-refractivity contribution in [3.63, 3.8) is 0 Å². The Morgan fingerprint density at radius 1 is 0.164 bits per heavy atom. The minimum absolute atomic E-state index is 1.09. The first-order valence-corrected chi connectivity index (χ1v) is 20.9. The van der Waals surface area contributed by atoms with Crippen molar-refractivity contribution in [2.75, 3.05) is 4.90 Å². The minimum Gasteiger partial charge on any atom is -0.310 e. The highest BCUT2D eigenvalue weighted by Gasteiger charge is 2.17. The summed E-state index contributed by atoms with van der Waals surface area (Å²) in [6.07, 6.45) is 0. The smallest absolute Gasteiger partial charge is 0.0467 e. The summed E-state index contributed by atoms with van der Waals surface area (Å²) in [5.41, 5.74) is 20.0. The molecule has 0 saturated heterocycles. The summed E-state index contributed by atoms with van der Waals surface area (Å²) in [4.78, 5) is 2.37. The second-order valence-electron chi connectivity index (χ2n) is 15.4. The summed E-state index contributed by atoms with van der Waals surface area (Å²) in [5.74, 6) is 0. The topological polar surface area (TPSA) is 3.24 Å². The maximum absolute atomic E-state index is 2.37. The van der Waals surface area contributed by atoms with Gasteiger partial charge in [-0.05, 0) is 120 Å². The van der Waals surface area contributed by atoms with Gasteiger partial charge in [-0.3, -0.25) is 0 Å². The molecule has 0 spiro atoms. The molecule has 0 unspecified atom stereocenters. The Labute approximate surface area is 359 Å². The van der Waals surface area contributed by atoms with Gasteiger partial charge in [0.1, 0.15) is 0 Å². The van der Waals surface area contributed by atoms with Gasteiger partial charge in [0, 0.05) is 17.1 Å². The van der Waals surface area contributed by atoms with Crippen LogP contribution in [0.15, 0.2) is 261 Å².